The molecule has 6 heteroatoms. The Balaban J connectivity index is 0.00000161. The number of benzene rings is 1. The summed E-state index contributed by atoms with van der Waals surface area (Å²) < 4.78 is 14.3. The van der Waals surface area contributed by atoms with Crippen LogP contribution in [-0.2, 0) is 0 Å². The molecular weight excluding hydrogens is 330 g/mol. The number of rotatable bonds is 3. The van der Waals surface area contributed by atoms with E-state index in [4.69, 9.17) is 11.6 Å². The predicted octanol–water partition coefficient (Wildman–Crippen LogP) is 3.96. The van der Waals surface area contributed by atoms with Gasteiger partial charge in [0, 0.05) is 41.6 Å². The minimum atomic E-state index is -0.227. The Hall–Kier alpha value is -0.650. The number of nitrogens with one attached hydrogen (secondary N) is 1. The summed E-state index contributed by atoms with van der Waals surface area (Å²) in [7, 11) is 0. The zero-order chi connectivity index (χ0) is 13.9. The van der Waals surface area contributed by atoms with Crippen LogP contribution >= 0.6 is 35.3 Å². The summed E-state index contributed by atoms with van der Waals surface area (Å²) in [5.74, 6) is -0.227. The van der Waals surface area contributed by atoms with Crippen molar-refractivity contribution in [2.45, 2.75) is 6.04 Å². The quantitative estimate of drug-likeness (QED) is 0.904. The number of hydrogen-bond donors (Lipinski definition) is 1. The van der Waals surface area contributed by atoms with Crippen LogP contribution in [0.4, 0.5) is 4.39 Å². The Bertz CT molecular complexity index is 571. The maximum Gasteiger partial charge on any atom is 0.129 e. The normalized spacial score (nSPS) is 17.2. The lowest BCUT2D eigenvalue weighted by molar-refractivity contribution is 0.197. The van der Waals surface area contributed by atoms with Crippen LogP contribution in [0.15, 0.2) is 35.7 Å². The standard InChI is InChI=1S/C15H16ClFN2S.ClH/c16-11-3-4-12(13(17)10-11)15(14-2-1-9-20-14)19-7-5-18-6-8-19;/h1-4,9-10,15,18H,5-8H2;1H/t15-;/m1./s1. The first kappa shape index (κ1) is 16.7. The predicted molar refractivity (Wildman–Crippen MR) is 89.3 cm³/mol. The molecule has 1 aromatic carbocycles. The number of nitrogens with zero attached hydrogens (tertiary/aromatic N) is 1. The largest absolute Gasteiger partial charge is 0.314 e. The molecule has 0 radical (unpaired) electrons. The number of halogens is 3. The molecule has 2 aromatic rings. The van der Waals surface area contributed by atoms with Crippen molar-refractivity contribution in [2.24, 2.45) is 0 Å². The molecule has 2 nitrogen and oxygen atoms in total. The summed E-state index contributed by atoms with van der Waals surface area (Å²) in [6, 6.07) is 9.05. The average Bonchev–Trinajstić information content (AvgIpc) is 2.97. The van der Waals surface area contributed by atoms with Gasteiger partial charge in [-0.1, -0.05) is 23.7 Å². The highest BCUT2D eigenvalue weighted by molar-refractivity contribution is 7.10. The SMILES string of the molecule is Cl.Fc1cc(Cl)ccc1[C@H](c1cccs1)N1CCNCC1. The molecule has 1 fully saturated rings. The Morgan fingerprint density at radius 2 is 2.00 bits per heavy atom. The zero-order valence-electron chi connectivity index (χ0n) is 11.4. The highest BCUT2D eigenvalue weighted by Crippen LogP contribution is 2.34. The van der Waals surface area contributed by atoms with Crippen LogP contribution < -0.4 is 5.32 Å². The molecule has 1 atom stereocenters. The second-order valence-electron chi connectivity index (χ2n) is 4.87. The van der Waals surface area contributed by atoms with Crippen molar-refractivity contribution in [3.05, 3.63) is 57.0 Å². The minimum absolute atomic E-state index is 0. The van der Waals surface area contributed by atoms with Gasteiger partial charge in [-0.3, -0.25) is 4.90 Å². The fourth-order valence-electron chi connectivity index (χ4n) is 2.64. The third kappa shape index (κ3) is 3.76. The Labute approximate surface area is 139 Å². The first-order valence-corrected chi connectivity index (χ1v) is 7.94. The molecule has 0 bridgehead atoms. The van der Waals surface area contributed by atoms with Gasteiger partial charge in [0.1, 0.15) is 5.82 Å². The summed E-state index contributed by atoms with van der Waals surface area (Å²) in [5, 5.41) is 5.82. The van der Waals surface area contributed by atoms with E-state index in [1.165, 1.54) is 10.9 Å². The molecular formula is C15H17Cl2FN2S. The first-order chi connectivity index (χ1) is 9.75. The van der Waals surface area contributed by atoms with E-state index < -0.39 is 0 Å². The second kappa shape index (κ2) is 7.56. The van der Waals surface area contributed by atoms with E-state index in [0.29, 0.717) is 10.6 Å². The molecule has 1 N–H and O–H groups in total. The molecule has 0 unspecified atom stereocenters. The van der Waals surface area contributed by atoms with Gasteiger partial charge in [0.05, 0.1) is 6.04 Å². The molecule has 0 saturated carbocycles. The fourth-order valence-corrected chi connectivity index (χ4v) is 3.68. The van der Waals surface area contributed by atoms with Gasteiger partial charge >= 0.3 is 0 Å². The van der Waals surface area contributed by atoms with Gasteiger partial charge in [-0.2, -0.15) is 0 Å². The monoisotopic (exact) mass is 346 g/mol. The summed E-state index contributed by atoms with van der Waals surface area (Å²) in [6.07, 6.45) is 0. The van der Waals surface area contributed by atoms with E-state index in [1.807, 2.05) is 17.5 Å². The lowest BCUT2D eigenvalue weighted by Crippen LogP contribution is -2.45. The van der Waals surface area contributed by atoms with Gasteiger partial charge in [0.15, 0.2) is 0 Å². The smallest absolute Gasteiger partial charge is 0.129 e. The average molecular weight is 347 g/mol. The third-order valence-electron chi connectivity index (χ3n) is 3.59. The van der Waals surface area contributed by atoms with E-state index in [-0.39, 0.29) is 24.3 Å². The third-order valence-corrected chi connectivity index (χ3v) is 4.75. The maximum atomic E-state index is 14.3. The van der Waals surface area contributed by atoms with Crippen LogP contribution in [0.2, 0.25) is 5.02 Å². The van der Waals surface area contributed by atoms with Crippen molar-refractivity contribution in [2.75, 3.05) is 26.2 Å². The number of thiophene rings is 1. The zero-order valence-corrected chi connectivity index (χ0v) is 13.8. The van der Waals surface area contributed by atoms with Gasteiger partial charge in [0.2, 0.25) is 0 Å². The molecule has 1 saturated heterocycles. The lowest BCUT2D eigenvalue weighted by Gasteiger charge is -2.34. The summed E-state index contributed by atoms with van der Waals surface area (Å²) in [4.78, 5) is 3.50. The van der Waals surface area contributed by atoms with Gasteiger partial charge in [0.25, 0.3) is 0 Å². The fraction of sp³-hybridized carbons (Fsp3) is 0.333. The lowest BCUT2D eigenvalue weighted by atomic mass is 10.0. The van der Waals surface area contributed by atoms with Crippen LogP contribution in [0.25, 0.3) is 0 Å². The van der Waals surface area contributed by atoms with Crippen LogP contribution in [0, 0.1) is 5.82 Å². The van der Waals surface area contributed by atoms with E-state index in [1.54, 1.807) is 17.4 Å². The van der Waals surface area contributed by atoms with Gasteiger partial charge in [-0.15, -0.1) is 23.7 Å². The highest BCUT2D eigenvalue weighted by atomic mass is 35.5. The highest BCUT2D eigenvalue weighted by Gasteiger charge is 2.26. The molecule has 0 spiro atoms. The number of piperazine rings is 1. The van der Waals surface area contributed by atoms with E-state index in [9.17, 15) is 4.39 Å². The van der Waals surface area contributed by atoms with Crippen LogP contribution in [0.1, 0.15) is 16.5 Å². The Kier molecular flexibility index (Phi) is 6.02. The second-order valence-corrected chi connectivity index (χ2v) is 6.29. The molecule has 2 heterocycles. The van der Waals surface area contributed by atoms with E-state index >= 15 is 0 Å². The van der Waals surface area contributed by atoms with Crippen LogP contribution in [0.5, 0.6) is 0 Å². The summed E-state index contributed by atoms with van der Waals surface area (Å²) in [6.45, 7) is 3.73. The van der Waals surface area contributed by atoms with E-state index in [2.05, 4.69) is 16.3 Å². The Morgan fingerprint density at radius 1 is 1.24 bits per heavy atom. The topological polar surface area (TPSA) is 15.3 Å². The summed E-state index contributed by atoms with van der Waals surface area (Å²) >= 11 is 7.54. The van der Waals surface area contributed by atoms with Crippen LogP contribution in [-0.4, -0.2) is 31.1 Å². The van der Waals surface area contributed by atoms with Crippen molar-refractivity contribution in [1.29, 1.82) is 0 Å². The van der Waals surface area contributed by atoms with Crippen molar-refractivity contribution in [3.63, 3.8) is 0 Å². The van der Waals surface area contributed by atoms with Crippen molar-refractivity contribution < 1.29 is 4.39 Å². The molecule has 0 aliphatic carbocycles. The molecule has 1 aromatic heterocycles. The molecule has 114 valence electrons. The summed E-state index contributed by atoms with van der Waals surface area (Å²) in [5.41, 5.74) is 0.707. The van der Waals surface area contributed by atoms with Crippen molar-refractivity contribution >= 4 is 35.3 Å². The van der Waals surface area contributed by atoms with E-state index in [0.717, 1.165) is 26.2 Å². The minimum Gasteiger partial charge on any atom is -0.314 e. The van der Waals surface area contributed by atoms with Crippen LogP contribution in [0.3, 0.4) is 0 Å². The first-order valence-electron chi connectivity index (χ1n) is 6.69. The van der Waals surface area contributed by atoms with Crippen molar-refractivity contribution in [1.82, 2.24) is 10.2 Å². The number of hydrogen-bond acceptors (Lipinski definition) is 3. The molecule has 1 aliphatic heterocycles. The molecule has 3 rings (SSSR count). The van der Waals surface area contributed by atoms with Gasteiger partial charge in [-0.25, -0.2) is 4.39 Å². The molecule has 1 aliphatic rings. The van der Waals surface area contributed by atoms with Gasteiger partial charge < -0.3 is 5.32 Å². The molecule has 21 heavy (non-hydrogen) atoms. The van der Waals surface area contributed by atoms with Crippen molar-refractivity contribution in [3.8, 4) is 0 Å². The Morgan fingerprint density at radius 3 is 2.62 bits per heavy atom. The maximum absolute atomic E-state index is 14.3. The molecule has 0 amide bonds. The van der Waals surface area contributed by atoms with Gasteiger partial charge in [-0.05, 0) is 23.6 Å².